The third-order valence-electron chi connectivity index (χ3n) is 10.7. The van der Waals surface area contributed by atoms with Crippen LogP contribution < -0.4 is 0 Å². The van der Waals surface area contributed by atoms with Crippen molar-refractivity contribution in [3.8, 4) is 0 Å². The average molecular weight is 512 g/mol. The first-order chi connectivity index (χ1) is 15.1. The van der Waals surface area contributed by atoms with Crippen molar-refractivity contribution in [1.82, 2.24) is 0 Å². The molecular weight excluding hydrogens is 468 g/mol. The van der Waals surface area contributed by atoms with Gasteiger partial charge < -0.3 is 9.47 Å². The van der Waals surface area contributed by atoms with Gasteiger partial charge in [0, 0.05) is 19.3 Å². The van der Waals surface area contributed by atoms with Gasteiger partial charge >= 0.3 is 11.9 Å². The van der Waals surface area contributed by atoms with Crippen LogP contribution in [0.2, 0.25) is 0 Å². The van der Waals surface area contributed by atoms with E-state index < -0.39 is 0 Å². The topological polar surface area (TPSA) is 52.6 Å². The first-order valence-corrected chi connectivity index (χ1v) is 13.9. The van der Waals surface area contributed by atoms with E-state index in [-0.39, 0.29) is 28.3 Å². The summed E-state index contributed by atoms with van der Waals surface area (Å²) in [7, 11) is 1.48. The second kappa shape index (κ2) is 9.23. The molecule has 0 amide bonds. The smallest absolute Gasteiger partial charge is 0.305 e. The number of esters is 2. The van der Waals surface area contributed by atoms with Gasteiger partial charge in [-0.1, -0.05) is 49.5 Å². The van der Waals surface area contributed by atoms with Crippen LogP contribution in [0.1, 0.15) is 91.9 Å². The van der Waals surface area contributed by atoms with Gasteiger partial charge in [-0.25, -0.2) is 0 Å². The molecule has 0 heterocycles. The van der Waals surface area contributed by atoms with Crippen molar-refractivity contribution in [2.45, 2.75) is 103 Å². The zero-order valence-electron chi connectivity index (χ0n) is 20.7. The second-order valence-corrected chi connectivity index (χ2v) is 13.0. The van der Waals surface area contributed by atoms with Crippen LogP contribution in [0.3, 0.4) is 0 Å². The zero-order chi connectivity index (χ0) is 23.3. The maximum Gasteiger partial charge on any atom is 0.305 e. The van der Waals surface area contributed by atoms with Crippen molar-refractivity contribution >= 4 is 27.9 Å². The van der Waals surface area contributed by atoms with Gasteiger partial charge in [0.25, 0.3) is 0 Å². The first kappa shape index (κ1) is 24.5. The van der Waals surface area contributed by atoms with Crippen molar-refractivity contribution in [3.05, 3.63) is 0 Å². The van der Waals surface area contributed by atoms with Crippen molar-refractivity contribution < 1.29 is 19.1 Å². The van der Waals surface area contributed by atoms with E-state index >= 15 is 0 Å². The Bertz CT molecular complexity index is 724. The number of ether oxygens (including phenoxy) is 2. The molecule has 4 saturated carbocycles. The van der Waals surface area contributed by atoms with Gasteiger partial charge in [-0.15, -0.1) is 0 Å². The minimum Gasteiger partial charge on any atom is -0.469 e. The normalized spacial score (nSPS) is 46.4. The highest BCUT2D eigenvalue weighted by molar-refractivity contribution is 9.09. The second-order valence-electron chi connectivity index (χ2n) is 12.0. The third-order valence-corrected chi connectivity index (χ3v) is 11.8. The number of hydrogen-bond donors (Lipinski definition) is 0. The fourth-order valence-electron chi connectivity index (χ4n) is 9.19. The summed E-state index contributed by atoms with van der Waals surface area (Å²) in [4.78, 5) is 24.2. The summed E-state index contributed by atoms with van der Waals surface area (Å²) in [5.74, 6) is 3.19. The van der Waals surface area contributed by atoms with Crippen molar-refractivity contribution in [2.75, 3.05) is 7.11 Å². The molecule has 0 aromatic carbocycles. The van der Waals surface area contributed by atoms with Gasteiger partial charge in [-0.05, 0) is 85.4 Å². The van der Waals surface area contributed by atoms with Crippen LogP contribution in [0.4, 0.5) is 0 Å². The predicted octanol–water partition coefficient (Wildman–Crippen LogP) is 6.54. The van der Waals surface area contributed by atoms with Gasteiger partial charge in [0.15, 0.2) is 0 Å². The van der Waals surface area contributed by atoms with Gasteiger partial charge in [-0.2, -0.15) is 0 Å². The standard InChI is InChI=1S/C27H43BrO4/c1-16(9-12-22(30)31-5)18-10-11-19-23-20(13-15-27(18,19)4)26(3)14-7-6-8-21(26)24(28)25(23)32-17(2)29/h16,18-21,23-25H,6-15H2,1-5H3/t16-,18+,19-,20-,21-,23-,24+,25-,26+,27+/m0/s1. The molecule has 0 aromatic rings. The first-order valence-electron chi connectivity index (χ1n) is 13.0. The van der Waals surface area contributed by atoms with Crippen LogP contribution >= 0.6 is 15.9 Å². The Hall–Kier alpha value is -0.580. The molecule has 0 unspecified atom stereocenters. The highest BCUT2D eigenvalue weighted by atomic mass is 79.9. The molecule has 0 aliphatic heterocycles. The Labute approximate surface area is 203 Å². The predicted molar refractivity (Wildman–Crippen MR) is 129 cm³/mol. The van der Waals surface area contributed by atoms with Crippen molar-refractivity contribution in [2.24, 2.45) is 46.3 Å². The molecule has 0 radical (unpaired) electrons. The minimum atomic E-state index is -0.133. The highest BCUT2D eigenvalue weighted by Gasteiger charge is 2.65. The summed E-state index contributed by atoms with van der Waals surface area (Å²) < 4.78 is 11.1. The molecule has 4 aliphatic rings. The van der Waals surface area contributed by atoms with E-state index in [1.165, 1.54) is 58.5 Å². The molecule has 5 heteroatoms. The number of hydrogen-bond acceptors (Lipinski definition) is 4. The van der Waals surface area contributed by atoms with E-state index in [4.69, 9.17) is 9.47 Å². The van der Waals surface area contributed by atoms with Crippen LogP contribution in [0.15, 0.2) is 0 Å². The van der Waals surface area contributed by atoms with Crippen LogP contribution in [-0.4, -0.2) is 30.0 Å². The lowest BCUT2D eigenvalue weighted by molar-refractivity contribution is -0.185. The molecule has 0 aromatic heterocycles. The summed E-state index contributed by atoms with van der Waals surface area (Å²) >= 11 is 4.10. The molecule has 4 rings (SSSR count). The zero-order valence-corrected chi connectivity index (χ0v) is 22.3. The SMILES string of the molecule is COC(=O)CC[C@H](C)[C@H]1CC[C@H]2[C@@H]3[C@H](OC(C)=O)[C@H](Br)[C@@H]4CCCC[C@]4(C)[C@H]3CC[C@]12C. The summed E-state index contributed by atoms with van der Waals surface area (Å²) in [5, 5.41) is 0. The summed E-state index contributed by atoms with van der Waals surface area (Å²) in [6, 6.07) is 0. The lowest BCUT2D eigenvalue weighted by atomic mass is 9.43. The van der Waals surface area contributed by atoms with E-state index in [2.05, 4.69) is 36.7 Å². The quantitative estimate of drug-likeness (QED) is 0.311. The molecule has 10 atom stereocenters. The van der Waals surface area contributed by atoms with Gasteiger partial charge in [0.05, 0.1) is 11.9 Å². The molecule has 4 fully saturated rings. The van der Waals surface area contributed by atoms with Gasteiger partial charge in [-0.3, -0.25) is 9.59 Å². The number of halogens is 1. The van der Waals surface area contributed by atoms with Gasteiger partial charge in [0.2, 0.25) is 0 Å². The van der Waals surface area contributed by atoms with E-state index in [0.717, 1.165) is 6.42 Å². The maximum atomic E-state index is 12.2. The monoisotopic (exact) mass is 510 g/mol. The summed E-state index contributed by atoms with van der Waals surface area (Å²) in [6.45, 7) is 8.99. The fraction of sp³-hybridized carbons (Fsp3) is 0.926. The summed E-state index contributed by atoms with van der Waals surface area (Å²) in [5.41, 5.74) is 0.614. The number of carbonyl (C=O) groups is 2. The van der Waals surface area contributed by atoms with Crippen LogP contribution in [0, 0.1) is 46.3 Å². The Morgan fingerprint density at radius 3 is 2.41 bits per heavy atom. The Morgan fingerprint density at radius 2 is 1.72 bits per heavy atom. The number of methoxy groups -OCH3 is 1. The molecular formula is C27H43BrO4. The lowest BCUT2D eigenvalue weighted by Crippen LogP contribution is -2.62. The molecule has 4 nitrogen and oxygen atoms in total. The van der Waals surface area contributed by atoms with Crippen LogP contribution in [-0.2, 0) is 19.1 Å². The molecule has 4 aliphatic carbocycles. The van der Waals surface area contributed by atoms with E-state index in [9.17, 15) is 9.59 Å². The third kappa shape index (κ3) is 3.96. The Kier molecular flexibility index (Phi) is 7.08. The van der Waals surface area contributed by atoms with Crippen LogP contribution in [0.25, 0.3) is 0 Å². The van der Waals surface area contributed by atoms with Crippen LogP contribution in [0.5, 0.6) is 0 Å². The summed E-state index contributed by atoms with van der Waals surface area (Å²) in [6.07, 6.45) is 11.6. The number of alkyl halides is 1. The largest absolute Gasteiger partial charge is 0.469 e. The fourth-order valence-corrected chi connectivity index (χ4v) is 10.5. The van der Waals surface area contributed by atoms with Crippen molar-refractivity contribution in [1.29, 1.82) is 0 Å². The van der Waals surface area contributed by atoms with E-state index in [1.54, 1.807) is 6.92 Å². The Morgan fingerprint density at radius 1 is 1.00 bits per heavy atom. The highest BCUT2D eigenvalue weighted by Crippen LogP contribution is 2.69. The number of rotatable bonds is 5. The lowest BCUT2D eigenvalue weighted by Gasteiger charge is -2.63. The van der Waals surface area contributed by atoms with E-state index in [1.807, 2.05) is 0 Å². The number of carbonyl (C=O) groups excluding carboxylic acids is 2. The molecule has 0 N–H and O–H groups in total. The molecule has 32 heavy (non-hydrogen) atoms. The minimum absolute atomic E-state index is 0.0116. The molecule has 0 saturated heterocycles. The van der Waals surface area contributed by atoms with E-state index in [0.29, 0.717) is 47.3 Å². The van der Waals surface area contributed by atoms with Gasteiger partial charge in [0.1, 0.15) is 6.10 Å². The number of fused-ring (bicyclic) bond motifs is 5. The average Bonchev–Trinajstić information content (AvgIpc) is 3.11. The molecule has 182 valence electrons. The Balaban J connectivity index is 1.63. The molecule has 0 bridgehead atoms. The maximum absolute atomic E-state index is 12.2. The molecule has 0 spiro atoms. The van der Waals surface area contributed by atoms with Crippen molar-refractivity contribution in [3.63, 3.8) is 0 Å².